The van der Waals surface area contributed by atoms with Gasteiger partial charge in [0.1, 0.15) is 17.7 Å². The first kappa shape index (κ1) is 29.2. The number of carbonyl (C=O) groups is 3. The Hall–Kier alpha value is -3.35. The maximum Gasteiger partial charge on any atom is 0.408 e. The van der Waals surface area contributed by atoms with Crippen LogP contribution in [0, 0.1) is 5.92 Å². The number of amides is 3. The molecule has 0 aliphatic heterocycles. The minimum Gasteiger partial charge on any atom is -0.444 e. The Labute approximate surface area is 227 Å². The van der Waals surface area contributed by atoms with Gasteiger partial charge in [0.05, 0.1) is 0 Å². The van der Waals surface area contributed by atoms with Gasteiger partial charge in [0.15, 0.2) is 0 Å². The summed E-state index contributed by atoms with van der Waals surface area (Å²) in [6.45, 7) is 11.8. The smallest absolute Gasteiger partial charge is 0.408 e. The lowest BCUT2D eigenvalue weighted by atomic mass is 9.98. The molecule has 2 N–H and O–H groups in total. The fourth-order valence-corrected chi connectivity index (χ4v) is 4.45. The average molecular weight is 522 g/mol. The molecule has 3 rings (SSSR count). The van der Waals surface area contributed by atoms with Gasteiger partial charge in [-0.15, -0.1) is 0 Å². The van der Waals surface area contributed by atoms with Crippen LogP contribution in [0.2, 0.25) is 0 Å². The first-order valence-corrected chi connectivity index (χ1v) is 13.7. The minimum absolute atomic E-state index is 0.0593. The Morgan fingerprint density at radius 1 is 0.974 bits per heavy atom. The van der Waals surface area contributed by atoms with E-state index >= 15 is 0 Å². The average Bonchev–Trinajstić information content (AvgIpc) is 3.69. The summed E-state index contributed by atoms with van der Waals surface area (Å²) in [6, 6.07) is 15.9. The van der Waals surface area contributed by atoms with Crippen molar-refractivity contribution >= 4 is 17.9 Å². The Morgan fingerprint density at radius 2 is 1.61 bits per heavy atom. The summed E-state index contributed by atoms with van der Waals surface area (Å²) in [7, 11) is 0. The molecule has 1 aliphatic rings. The van der Waals surface area contributed by atoms with Crippen molar-refractivity contribution in [3.05, 3.63) is 71.3 Å². The summed E-state index contributed by atoms with van der Waals surface area (Å²) in [5.41, 5.74) is 2.21. The highest BCUT2D eigenvalue weighted by Gasteiger charge is 2.44. The molecule has 0 heterocycles. The van der Waals surface area contributed by atoms with Crippen LogP contribution < -0.4 is 10.6 Å². The van der Waals surface area contributed by atoms with Crippen LogP contribution in [0.25, 0.3) is 0 Å². The van der Waals surface area contributed by atoms with Gasteiger partial charge in [-0.1, -0.05) is 75.4 Å². The van der Waals surface area contributed by atoms with E-state index in [9.17, 15) is 14.4 Å². The molecule has 38 heavy (non-hydrogen) atoms. The van der Waals surface area contributed by atoms with Crippen molar-refractivity contribution in [3.63, 3.8) is 0 Å². The molecule has 3 amide bonds. The highest BCUT2D eigenvalue weighted by atomic mass is 16.6. The van der Waals surface area contributed by atoms with Crippen LogP contribution >= 0.6 is 0 Å². The zero-order valence-electron chi connectivity index (χ0n) is 23.6. The highest BCUT2D eigenvalue weighted by molar-refractivity contribution is 5.92. The third kappa shape index (κ3) is 8.61. The van der Waals surface area contributed by atoms with E-state index in [4.69, 9.17) is 4.74 Å². The first-order chi connectivity index (χ1) is 18.0. The van der Waals surface area contributed by atoms with Crippen LogP contribution in [0.5, 0.6) is 0 Å². The molecule has 1 fully saturated rings. The Kier molecular flexibility index (Phi) is 9.95. The summed E-state index contributed by atoms with van der Waals surface area (Å²) in [6.07, 6.45) is 2.33. The maximum absolute atomic E-state index is 14.2. The van der Waals surface area contributed by atoms with E-state index in [1.807, 2.05) is 68.4 Å². The molecule has 2 aromatic carbocycles. The fourth-order valence-electron chi connectivity index (χ4n) is 4.45. The zero-order chi connectivity index (χ0) is 27.9. The van der Waals surface area contributed by atoms with Crippen LogP contribution in [0.4, 0.5) is 4.79 Å². The van der Waals surface area contributed by atoms with E-state index in [1.165, 1.54) is 0 Å². The molecule has 0 bridgehead atoms. The Bertz CT molecular complexity index is 1070. The summed E-state index contributed by atoms with van der Waals surface area (Å²) >= 11 is 0. The van der Waals surface area contributed by atoms with Crippen molar-refractivity contribution in [1.29, 1.82) is 0 Å². The molecule has 2 unspecified atom stereocenters. The lowest BCUT2D eigenvalue weighted by molar-refractivity contribution is -0.143. The summed E-state index contributed by atoms with van der Waals surface area (Å²) in [5.74, 6) is -0.348. The predicted octanol–water partition coefficient (Wildman–Crippen LogP) is 5.54. The van der Waals surface area contributed by atoms with Crippen LogP contribution in [0.1, 0.15) is 83.5 Å². The fraction of sp³-hybridized carbons (Fsp3) is 0.516. The molecule has 206 valence electrons. The number of rotatable bonds is 11. The van der Waals surface area contributed by atoms with Gasteiger partial charge in [-0.3, -0.25) is 9.59 Å². The van der Waals surface area contributed by atoms with Gasteiger partial charge in [0.2, 0.25) is 11.8 Å². The van der Waals surface area contributed by atoms with Crippen molar-refractivity contribution in [2.24, 2.45) is 5.92 Å². The van der Waals surface area contributed by atoms with Gasteiger partial charge in [-0.25, -0.2) is 4.79 Å². The van der Waals surface area contributed by atoms with Gasteiger partial charge in [0.25, 0.3) is 0 Å². The number of benzene rings is 2. The van der Waals surface area contributed by atoms with E-state index < -0.39 is 23.8 Å². The topological polar surface area (TPSA) is 87.7 Å². The Morgan fingerprint density at radius 3 is 2.13 bits per heavy atom. The van der Waals surface area contributed by atoms with Crippen molar-refractivity contribution < 1.29 is 19.1 Å². The number of nitrogens with one attached hydrogen (secondary N) is 2. The Balaban J connectivity index is 1.93. The van der Waals surface area contributed by atoms with E-state index in [1.54, 1.807) is 25.7 Å². The molecule has 2 atom stereocenters. The van der Waals surface area contributed by atoms with Crippen molar-refractivity contribution in [2.45, 2.75) is 97.5 Å². The molecule has 0 radical (unpaired) electrons. The lowest BCUT2D eigenvalue weighted by Gasteiger charge is -2.35. The second-order valence-electron chi connectivity index (χ2n) is 11.5. The number of aryl methyl sites for hydroxylation is 1. The SMILES string of the molecule is CCc1ccc(C(C(=O)NCc2ccccc2)N(C(=O)C(CC(C)C)NC(=O)OC(C)(C)C)C2CC2)cc1. The molecule has 7 nitrogen and oxygen atoms in total. The van der Waals surface area contributed by atoms with Crippen molar-refractivity contribution in [2.75, 3.05) is 0 Å². The van der Waals surface area contributed by atoms with Crippen molar-refractivity contribution in [3.8, 4) is 0 Å². The number of carbonyl (C=O) groups excluding carboxylic acids is 3. The summed E-state index contributed by atoms with van der Waals surface area (Å²) in [5, 5.41) is 5.86. The molecule has 7 heteroatoms. The molecular weight excluding hydrogens is 478 g/mol. The third-order valence-electron chi connectivity index (χ3n) is 6.43. The number of ether oxygens (including phenoxy) is 1. The van der Waals surface area contributed by atoms with Gasteiger partial charge < -0.3 is 20.3 Å². The molecule has 0 spiro atoms. The van der Waals surface area contributed by atoms with Gasteiger partial charge in [-0.2, -0.15) is 0 Å². The van der Waals surface area contributed by atoms with E-state index in [0.29, 0.717) is 13.0 Å². The second-order valence-corrected chi connectivity index (χ2v) is 11.5. The standard InChI is InChI=1S/C31H43N3O4/c1-7-22-13-15-24(16-14-22)27(28(35)32-20-23-11-9-8-10-12-23)34(25-17-18-25)29(36)26(19-21(2)3)33-30(37)38-31(4,5)6/h8-16,21,25-27H,7,17-20H2,1-6H3,(H,32,35)(H,33,37). The molecule has 2 aromatic rings. The number of hydrogen-bond donors (Lipinski definition) is 2. The molecule has 1 saturated carbocycles. The summed E-state index contributed by atoms with van der Waals surface area (Å²) < 4.78 is 5.46. The van der Waals surface area contributed by atoms with Crippen LogP contribution in [0.15, 0.2) is 54.6 Å². The van der Waals surface area contributed by atoms with Crippen LogP contribution in [-0.4, -0.2) is 40.5 Å². The van der Waals surface area contributed by atoms with Gasteiger partial charge >= 0.3 is 6.09 Å². The monoisotopic (exact) mass is 521 g/mol. The molecule has 0 aromatic heterocycles. The van der Waals surface area contributed by atoms with E-state index in [2.05, 4.69) is 17.6 Å². The molecular formula is C31H43N3O4. The normalized spacial score (nSPS) is 14.9. The van der Waals surface area contributed by atoms with Crippen molar-refractivity contribution in [1.82, 2.24) is 15.5 Å². The van der Waals surface area contributed by atoms with Crippen LogP contribution in [-0.2, 0) is 27.3 Å². The first-order valence-electron chi connectivity index (χ1n) is 13.7. The lowest BCUT2D eigenvalue weighted by Crippen LogP contribution is -2.54. The number of alkyl carbamates (subject to hydrolysis) is 1. The molecule has 0 saturated heterocycles. The summed E-state index contributed by atoms with van der Waals surface area (Å²) in [4.78, 5) is 42.3. The van der Waals surface area contributed by atoms with Gasteiger partial charge in [0, 0.05) is 12.6 Å². The predicted molar refractivity (Wildman–Crippen MR) is 149 cm³/mol. The quantitative estimate of drug-likeness (QED) is 0.407. The highest BCUT2D eigenvalue weighted by Crippen LogP contribution is 2.36. The van der Waals surface area contributed by atoms with E-state index in [0.717, 1.165) is 36.0 Å². The van der Waals surface area contributed by atoms with Crippen LogP contribution in [0.3, 0.4) is 0 Å². The van der Waals surface area contributed by atoms with Gasteiger partial charge in [-0.05, 0) is 69.1 Å². The third-order valence-corrected chi connectivity index (χ3v) is 6.43. The molecule has 1 aliphatic carbocycles. The zero-order valence-corrected chi connectivity index (χ0v) is 23.6. The van der Waals surface area contributed by atoms with E-state index in [-0.39, 0.29) is 23.8 Å². The maximum atomic E-state index is 14.2. The number of nitrogens with zero attached hydrogens (tertiary/aromatic N) is 1. The minimum atomic E-state index is -0.806. The largest absolute Gasteiger partial charge is 0.444 e. The number of hydrogen-bond acceptors (Lipinski definition) is 4. The second kappa shape index (κ2) is 12.9.